The molecule has 2 aromatic rings. The van der Waals surface area contributed by atoms with Crippen LogP contribution in [0.1, 0.15) is 29.7 Å². The Bertz CT molecular complexity index is 661. The van der Waals surface area contributed by atoms with E-state index in [9.17, 15) is 8.78 Å². The fourth-order valence-electron chi connectivity index (χ4n) is 2.29. The molecular weight excluding hydrogens is 360 g/mol. The van der Waals surface area contributed by atoms with E-state index in [1.165, 1.54) is 6.07 Å². The van der Waals surface area contributed by atoms with Crippen LogP contribution in [-0.2, 0) is 0 Å². The van der Waals surface area contributed by atoms with Crippen molar-refractivity contribution in [3.05, 3.63) is 68.2 Å². The van der Waals surface area contributed by atoms with Gasteiger partial charge in [-0.15, -0.1) is 0 Å². The topological polar surface area (TPSA) is 12.0 Å². The number of hydrogen-bond acceptors (Lipinski definition) is 1. The van der Waals surface area contributed by atoms with E-state index in [-0.39, 0.29) is 10.0 Å². The van der Waals surface area contributed by atoms with Crippen molar-refractivity contribution in [3.63, 3.8) is 0 Å². The standard InChI is InChI=1S/C16H15BrClF2N/c1-3-21-16(10-5-4-6-13(18)9(10)2)11-7-15(20)12(17)8-14(11)19/h4-8,16,21H,3H2,1-2H3. The van der Waals surface area contributed by atoms with E-state index >= 15 is 0 Å². The van der Waals surface area contributed by atoms with Gasteiger partial charge in [0.05, 0.1) is 10.5 Å². The Morgan fingerprint density at radius 3 is 2.57 bits per heavy atom. The molecule has 0 aliphatic carbocycles. The summed E-state index contributed by atoms with van der Waals surface area (Å²) in [5.74, 6) is -0.956. The van der Waals surface area contributed by atoms with E-state index in [2.05, 4.69) is 21.2 Å². The second kappa shape index (κ2) is 6.86. The molecule has 1 nitrogen and oxygen atoms in total. The van der Waals surface area contributed by atoms with E-state index in [0.29, 0.717) is 11.6 Å². The molecule has 0 saturated heterocycles. The molecule has 112 valence electrons. The second-order valence-electron chi connectivity index (χ2n) is 4.73. The average molecular weight is 375 g/mol. The van der Waals surface area contributed by atoms with Gasteiger partial charge >= 0.3 is 0 Å². The zero-order valence-electron chi connectivity index (χ0n) is 11.7. The van der Waals surface area contributed by atoms with Crippen LogP contribution in [0.5, 0.6) is 0 Å². The van der Waals surface area contributed by atoms with Crippen molar-refractivity contribution in [1.29, 1.82) is 0 Å². The Hall–Kier alpha value is -0.970. The second-order valence-corrected chi connectivity index (χ2v) is 5.99. The van der Waals surface area contributed by atoms with Gasteiger partial charge in [0, 0.05) is 10.6 Å². The molecule has 1 unspecified atom stereocenters. The summed E-state index contributed by atoms with van der Waals surface area (Å²) in [6.07, 6.45) is 0. The van der Waals surface area contributed by atoms with Gasteiger partial charge in [0.1, 0.15) is 11.6 Å². The van der Waals surface area contributed by atoms with E-state index in [0.717, 1.165) is 17.2 Å². The van der Waals surface area contributed by atoms with Crippen LogP contribution in [0, 0.1) is 18.6 Å². The summed E-state index contributed by atoms with van der Waals surface area (Å²) in [5, 5.41) is 3.80. The summed E-state index contributed by atoms with van der Waals surface area (Å²) in [5.41, 5.74) is 1.96. The first-order chi connectivity index (χ1) is 9.95. The van der Waals surface area contributed by atoms with Gasteiger partial charge in [-0.1, -0.05) is 30.7 Å². The third kappa shape index (κ3) is 3.44. The molecule has 0 aliphatic rings. The van der Waals surface area contributed by atoms with Crippen LogP contribution < -0.4 is 5.32 Å². The van der Waals surface area contributed by atoms with Gasteiger partial charge in [-0.05, 0) is 58.7 Å². The molecule has 0 fully saturated rings. The summed E-state index contributed by atoms with van der Waals surface area (Å²) < 4.78 is 28.2. The van der Waals surface area contributed by atoms with Crippen molar-refractivity contribution in [2.24, 2.45) is 0 Å². The summed E-state index contributed by atoms with van der Waals surface area (Å²) >= 11 is 9.13. The molecule has 0 amide bonds. The molecular formula is C16H15BrClF2N. The molecule has 5 heteroatoms. The molecule has 2 aromatic carbocycles. The maximum absolute atomic E-state index is 14.3. The van der Waals surface area contributed by atoms with Crippen molar-refractivity contribution < 1.29 is 8.78 Å². The molecule has 0 radical (unpaired) electrons. The van der Waals surface area contributed by atoms with Crippen LogP contribution in [0.4, 0.5) is 8.78 Å². The molecule has 0 saturated carbocycles. The quantitative estimate of drug-likeness (QED) is 0.708. The molecule has 2 rings (SSSR count). The monoisotopic (exact) mass is 373 g/mol. The molecule has 21 heavy (non-hydrogen) atoms. The van der Waals surface area contributed by atoms with Gasteiger partial charge in [0.2, 0.25) is 0 Å². The van der Waals surface area contributed by atoms with Crippen LogP contribution in [0.25, 0.3) is 0 Å². The van der Waals surface area contributed by atoms with Gasteiger partial charge in [0.25, 0.3) is 0 Å². The first kappa shape index (κ1) is 16.4. The number of halogens is 4. The van der Waals surface area contributed by atoms with Crippen molar-refractivity contribution in [2.75, 3.05) is 6.54 Å². The average Bonchev–Trinajstić information content (AvgIpc) is 2.44. The lowest BCUT2D eigenvalue weighted by molar-refractivity contribution is 0.541. The van der Waals surface area contributed by atoms with Crippen molar-refractivity contribution in [1.82, 2.24) is 5.32 Å². The first-order valence-corrected chi connectivity index (χ1v) is 7.75. The van der Waals surface area contributed by atoms with Crippen molar-refractivity contribution in [2.45, 2.75) is 19.9 Å². The largest absolute Gasteiger partial charge is 0.306 e. The zero-order valence-corrected chi connectivity index (χ0v) is 14.0. The van der Waals surface area contributed by atoms with Gasteiger partial charge < -0.3 is 5.32 Å². The SMILES string of the molecule is CCNC(c1cc(F)c(Br)cc1F)c1cccc(Cl)c1C. The molecule has 1 atom stereocenters. The van der Waals surface area contributed by atoms with Gasteiger partial charge in [-0.2, -0.15) is 0 Å². The van der Waals surface area contributed by atoms with Crippen LogP contribution in [-0.4, -0.2) is 6.54 Å². The Labute approximate surface area is 136 Å². The van der Waals surface area contributed by atoms with E-state index in [1.54, 1.807) is 6.07 Å². The Morgan fingerprint density at radius 2 is 1.90 bits per heavy atom. The van der Waals surface area contributed by atoms with Gasteiger partial charge in [0.15, 0.2) is 0 Å². The maximum Gasteiger partial charge on any atom is 0.137 e. The highest BCUT2D eigenvalue weighted by atomic mass is 79.9. The molecule has 0 heterocycles. The highest BCUT2D eigenvalue weighted by Crippen LogP contribution is 2.32. The number of benzene rings is 2. The fraction of sp³-hybridized carbons (Fsp3) is 0.250. The molecule has 0 bridgehead atoms. The molecule has 0 spiro atoms. The minimum Gasteiger partial charge on any atom is -0.306 e. The molecule has 0 aliphatic heterocycles. The van der Waals surface area contributed by atoms with Gasteiger partial charge in [-0.3, -0.25) is 0 Å². The summed E-state index contributed by atoms with van der Waals surface area (Å²) in [6.45, 7) is 4.41. The molecule has 1 N–H and O–H groups in total. The Kier molecular flexibility index (Phi) is 5.36. The molecule has 0 aromatic heterocycles. The minimum absolute atomic E-state index is 0.113. The van der Waals surface area contributed by atoms with Crippen LogP contribution in [0.2, 0.25) is 5.02 Å². The smallest absolute Gasteiger partial charge is 0.137 e. The highest BCUT2D eigenvalue weighted by Gasteiger charge is 2.21. The van der Waals surface area contributed by atoms with Crippen LogP contribution >= 0.6 is 27.5 Å². The predicted octanol–water partition coefficient (Wildman–Crippen LogP) is 5.39. The normalized spacial score (nSPS) is 12.5. The van der Waals surface area contributed by atoms with E-state index in [4.69, 9.17) is 11.6 Å². The minimum atomic E-state index is -0.492. The van der Waals surface area contributed by atoms with Crippen molar-refractivity contribution >= 4 is 27.5 Å². The Morgan fingerprint density at radius 1 is 1.19 bits per heavy atom. The Balaban J connectivity index is 2.59. The van der Waals surface area contributed by atoms with Crippen LogP contribution in [0.15, 0.2) is 34.8 Å². The summed E-state index contributed by atoms with van der Waals surface area (Å²) in [6, 6.07) is 7.37. The maximum atomic E-state index is 14.3. The van der Waals surface area contributed by atoms with E-state index in [1.807, 2.05) is 26.0 Å². The first-order valence-electron chi connectivity index (χ1n) is 6.58. The fourth-order valence-corrected chi connectivity index (χ4v) is 2.78. The lowest BCUT2D eigenvalue weighted by Gasteiger charge is -2.22. The lowest BCUT2D eigenvalue weighted by Crippen LogP contribution is -2.24. The number of nitrogens with one attached hydrogen (secondary N) is 1. The van der Waals surface area contributed by atoms with Crippen LogP contribution in [0.3, 0.4) is 0 Å². The summed E-state index contributed by atoms with van der Waals surface area (Å²) in [7, 11) is 0. The van der Waals surface area contributed by atoms with E-state index < -0.39 is 17.7 Å². The van der Waals surface area contributed by atoms with Crippen molar-refractivity contribution in [3.8, 4) is 0 Å². The number of rotatable bonds is 4. The lowest BCUT2D eigenvalue weighted by atomic mass is 9.94. The third-order valence-electron chi connectivity index (χ3n) is 3.38. The van der Waals surface area contributed by atoms with Gasteiger partial charge in [-0.25, -0.2) is 8.78 Å². The predicted molar refractivity (Wildman–Crippen MR) is 85.8 cm³/mol. The zero-order chi connectivity index (χ0) is 15.6. The number of hydrogen-bond donors (Lipinski definition) is 1. The highest BCUT2D eigenvalue weighted by molar-refractivity contribution is 9.10. The summed E-state index contributed by atoms with van der Waals surface area (Å²) in [4.78, 5) is 0. The third-order valence-corrected chi connectivity index (χ3v) is 4.40.